The molecule has 2 rings (SSSR count). The summed E-state index contributed by atoms with van der Waals surface area (Å²) < 4.78 is 11.3. The van der Waals surface area contributed by atoms with Crippen LogP contribution in [0.2, 0.25) is 0 Å². The Kier molecular flexibility index (Phi) is 5.76. The lowest BCUT2D eigenvalue weighted by Gasteiger charge is -2.08. The van der Waals surface area contributed by atoms with Crippen LogP contribution in [0.15, 0.2) is 46.0 Å². The fourth-order valence-corrected chi connectivity index (χ4v) is 2.30. The normalized spacial score (nSPS) is 10.6. The van der Waals surface area contributed by atoms with Crippen LogP contribution >= 0.6 is 15.9 Å². The molecule has 2 aromatic rings. The van der Waals surface area contributed by atoms with Gasteiger partial charge >= 0.3 is 0 Å². The molecular weight excluding hydrogens is 360 g/mol. The minimum Gasteiger partial charge on any atom is -0.497 e. The number of amides is 1. The lowest BCUT2D eigenvalue weighted by Crippen LogP contribution is -2.18. The fraction of sp³-hybridized carbons (Fsp3) is 0.176. The first kappa shape index (κ1) is 17.0. The van der Waals surface area contributed by atoms with Crippen molar-refractivity contribution in [3.05, 3.63) is 57.6 Å². The van der Waals surface area contributed by atoms with Crippen molar-refractivity contribution in [1.29, 1.82) is 0 Å². The Morgan fingerprint density at radius 2 is 1.96 bits per heavy atom. The smallest absolute Gasteiger partial charge is 0.275 e. The summed E-state index contributed by atoms with van der Waals surface area (Å²) in [4.78, 5) is 12.2. The second kappa shape index (κ2) is 7.78. The number of hydrogen-bond donors (Lipinski definition) is 1. The van der Waals surface area contributed by atoms with Crippen molar-refractivity contribution < 1.29 is 14.3 Å². The summed E-state index contributed by atoms with van der Waals surface area (Å²) in [7, 11) is 3.05. The largest absolute Gasteiger partial charge is 0.497 e. The highest BCUT2D eigenvalue weighted by molar-refractivity contribution is 9.10. The Balaban J connectivity index is 2.10. The first-order chi connectivity index (χ1) is 11.0. The molecule has 1 N–H and O–H groups in total. The predicted molar refractivity (Wildman–Crippen MR) is 93.5 cm³/mol. The highest BCUT2D eigenvalue weighted by Crippen LogP contribution is 2.24. The molecule has 0 spiro atoms. The zero-order chi connectivity index (χ0) is 16.8. The van der Waals surface area contributed by atoms with E-state index in [1.54, 1.807) is 31.5 Å². The van der Waals surface area contributed by atoms with E-state index in [0.29, 0.717) is 17.1 Å². The van der Waals surface area contributed by atoms with Gasteiger partial charge in [-0.15, -0.1) is 0 Å². The van der Waals surface area contributed by atoms with E-state index in [0.717, 1.165) is 15.6 Å². The zero-order valence-electron chi connectivity index (χ0n) is 13.1. The highest BCUT2D eigenvalue weighted by Gasteiger charge is 2.12. The molecule has 0 saturated carbocycles. The summed E-state index contributed by atoms with van der Waals surface area (Å²) >= 11 is 3.46. The monoisotopic (exact) mass is 376 g/mol. The summed E-state index contributed by atoms with van der Waals surface area (Å²) in [5.74, 6) is 0.688. The van der Waals surface area contributed by atoms with E-state index in [1.165, 1.54) is 7.11 Å². The fourth-order valence-electron chi connectivity index (χ4n) is 1.90. The van der Waals surface area contributed by atoms with Gasteiger partial charge in [0, 0.05) is 10.5 Å². The lowest BCUT2D eigenvalue weighted by molar-refractivity contribution is 0.0952. The van der Waals surface area contributed by atoms with E-state index in [2.05, 4.69) is 26.5 Å². The average Bonchev–Trinajstić information content (AvgIpc) is 2.57. The molecular formula is C17H17BrN2O3. The Bertz CT molecular complexity index is 745. The molecule has 0 unspecified atom stereocenters. The number of hydrazone groups is 1. The van der Waals surface area contributed by atoms with Gasteiger partial charge in [0.2, 0.25) is 0 Å². The van der Waals surface area contributed by atoms with Crippen LogP contribution in [0.3, 0.4) is 0 Å². The van der Waals surface area contributed by atoms with Crippen molar-refractivity contribution in [2.45, 2.75) is 6.92 Å². The second-order valence-electron chi connectivity index (χ2n) is 4.77. The number of nitrogens with zero attached hydrogens (tertiary/aromatic N) is 1. The van der Waals surface area contributed by atoms with Gasteiger partial charge in [0.15, 0.2) is 0 Å². The maximum absolute atomic E-state index is 12.2. The Labute approximate surface area is 143 Å². The number of benzene rings is 2. The van der Waals surface area contributed by atoms with Crippen LogP contribution in [0.1, 0.15) is 21.5 Å². The first-order valence-corrected chi connectivity index (χ1v) is 7.66. The third kappa shape index (κ3) is 4.32. The number of hydrogen-bond acceptors (Lipinski definition) is 4. The van der Waals surface area contributed by atoms with Gasteiger partial charge in [0.1, 0.15) is 11.5 Å². The minimum absolute atomic E-state index is 0.355. The van der Waals surface area contributed by atoms with Gasteiger partial charge < -0.3 is 9.47 Å². The van der Waals surface area contributed by atoms with E-state index in [9.17, 15) is 4.79 Å². The topological polar surface area (TPSA) is 59.9 Å². The van der Waals surface area contributed by atoms with Crippen molar-refractivity contribution in [2.24, 2.45) is 5.10 Å². The Hall–Kier alpha value is -2.34. The molecule has 2 aromatic carbocycles. The van der Waals surface area contributed by atoms with Crippen molar-refractivity contribution >= 4 is 28.1 Å². The van der Waals surface area contributed by atoms with Gasteiger partial charge in [-0.05, 0) is 36.2 Å². The van der Waals surface area contributed by atoms with E-state index in [1.807, 2.05) is 25.1 Å². The van der Waals surface area contributed by atoms with Crippen LogP contribution in [0.25, 0.3) is 0 Å². The molecule has 5 nitrogen and oxygen atoms in total. The SMILES string of the molecule is COc1ccc(C(=O)N/N=C\c2ccc(C)c(Br)c2)c(OC)c1. The number of carbonyl (C=O) groups excluding carboxylic acids is 1. The standard InChI is InChI=1S/C17H17BrN2O3/c1-11-4-5-12(8-15(11)18)10-19-20-17(21)14-7-6-13(22-2)9-16(14)23-3/h4-10H,1-3H3,(H,20,21)/b19-10-. The third-order valence-electron chi connectivity index (χ3n) is 3.23. The number of methoxy groups -OCH3 is 2. The van der Waals surface area contributed by atoms with Gasteiger partial charge in [-0.3, -0.25) is 4.79 Å². The Morgan fingerprint density at radius 3 is 2.61 bits per heavy atom. The van der Waals surface area contributed by atoms with Gasteiger partial charge in [0.05, 0.1) is 26.0 Å². The molecule has 0 heterocycles. The minimum atomic E-state index is -0.355. The summed E-state index contributed by atoms with van der Waals surface area (Å²) in [6.45, 7) is 2.00. The van der Waals surface area contributed by atoms with Crippen LogP contribution in [0.5, 0.6) is 11.5 Å². The molecule has 0 bridgehead atoms. The lowest BCUT2D eigenvalue weighted by atomic mass is 10.2. The Morgan fingerprint density at radius 1 is 1.17 bits per heavy atom. The molecule has 0 fully saturated rings. The maximum atomic E-state index is 12.2. The molecule has 0 saturated heterocycles. The molecule has 0 aromatic heterocycles. The number of nitrogens with one attached hydrogen (secondary N) is 1. The van der Waals surface area contributed by atoms with Gasteiger partial charge in [-0.25, -0.2) is 5.43 Å². The number of halogens is 1. The summed E-state index contributed by atoms with van der Waals surface area (Å²) in [6, 6.07) is 10.8. The zero-order valence-corrected chi connectivity index (χ0v) is 14.7. The highest BCUT2D eigenvalue weighted by atomic mass is 79.9. The molecule has 0 aliphatic carbocycles. The average molecular weight is 377 g/mol. The van der Waals surface area contributed by atoms with Crippen LogP contribution in [0, 0.1) is 6.92 Å². The number of carbonyl (C=O) groups is 1. The van der Waals surface area contributed by atoms with Crippen molar-refractivity contribution in [2.75, 3.05) is 14.2 Å². The van der Waals surface area contributed by atoms with Crippen LogP contribution in [0.4, 0.5) is 0 Å². The van der Waals surface area contributed by atoms with Gasteiger partial charge in [-0.1, -0.05) is 28.1 Å². The first-order valence-electron chi connectivity index (χ1n) is 6.86. The molecule has 0 aliphatic rings. The summed E-state index contributed by atoms with van der Waals surface area (Å²) in [5.41, 5.74) is 4.89. The van der Waals surface area contributed by atoms with Gasteiger partial charge in [-0.2, -0.15) is 5.10 Å². The van der Waals surface area contributed by atoms with Crippen LogP contribution in [-0.4, -0.2) is 26.3 Å². The molecule has 120 valence electrons. The predicted octanol–water partition coefficient (Wildman–Crippen LogP) is 3.54. The van der Waals surface area contributed by atoms with Crippen molar-refractivity contribution in [3.63, 3.8) is 0 Å². The molecule has 23 heavy (non-hydrogen) atoms. The van der Waals surface area contributed by atoms with Gasteiger partial charge in [0.25, 0.3) is 5.91 Å². The quantitative estimate of drug-likeness (QED) is 0.641. The molecule has 0 aliphatic heterocycles. The molecule has 6 heteroatoms. The van der Waals surface area contributed by atoms with Crippen molar-refractivity contribution in [1.82, 2.24) is 5.43 Å². The van der Waals surface area contributed by atoms with Crippen molar-refractivity contribution in [3.8, 4) is 11.5 Å². The number of ether oxygens (including phenoxy) is 2. The maximum Gasteiger partial charge on any atom is 0.275 e. The number of aryl methyl sites for hydroxylation is 1. The van der Waals surface area contributed by atoms with E-state index < -0.39 is 0 Å². The van der Waals surface area contributed by atoms with Crippen LogP contribution in [-0.2, 0) is 0 Å². The van der Waals surface area contributed by atoms with E-state index in [-0.39, 0.29) is 5.91 Å². The molecule has 0 atom stereocenters. The van der Waals surface area contributed by atoms with E-state index in [4.69, 9.17) is 9.47 Å². The second-order valence-corrected chi connectivity index (χ2v) is 5.63. The van der Waals surface area contributed by atoms with E-state index >= 15 is 0 Å². The summed E-state index contributed by atoms with van der Waals surface area (Å²) in [6.07, 6.45) is 1.58. The van der Waals surface area contributed by atoms with Crippen LogP contribution < -0.4 is 14.9 Å². The third-order valence-corrected chi connectivity index (χ3v) is 4.08. The molecule has 0 radical (unpaired) electrons. The molecule has 1 amide bonds. The number of rotatable bonds is 5. The summed E-state index contributed by atoms with van der Waals surface area (Å²) in [5, 5.41) is 3.97.